The molecule has 4 nitrogen and oxygen atoms in total. The second-order valence-corrected chi connectivity index (χ2v) is 2.93. The van der Waals surface area contributed by atoms with Crippen molar-refractivity contribution < 1.29 is 0 Å². The van der Waals surface area contributed by atoms with Crippen LogP contribution in [-0.4, -0.2) is 20.2 Å². The molecule has 0 radical (unpaired) electrons. The molecule has 0 bridgehead atoms. The largest absolute Gasteiger partial charge is 0.205 e. The fourth-order valence-corrected chi connectivity index (χ4v) is 1.23. The Morgan fingerprint density at radius 2 is 2.14 bits per heavy atom. The first kappa shape index (κ1) is 8.62. The lowest BCUT2D eigenvalue weighted by Crippen LogP contribution is -1.90. The zero-order chi connectivity index (χ0) is 9.97. The van der Waals surface area contributed by atoms with Gasteiger partial charge in [-0.25, -0.2) is 0 Å². The molecule has 0 spiro atoms. The van der Waals surface area contributed by atoms with Crippen LogP contribution in [0.2, 0.25) is 0 Å². The second kappa shape index (κ2) is 3.41. The first-order valence-corrected chi connectivity index (χ1v) is 4.29. The Morgan fingerprint density at radius 1 is 1.36 bits per heavy atom. The van der Waals surface area contributed by atoms with E-state index in [1.165, 1.54) is 11.0 Å². The molecule has 1 heterocycles. The molecule has 2 aromatic rings. The molecule has 1 aromatic heterocycles. The molecule has 0 aliphatic rings. The summed E-state index contributed by atoms with van der Waals surface area (Å²) in [5.74, 6) is 0.628. The zero-order valence-electron chi connectivity index (χ0n) is 7.88. The molecule has 0 unspecified atom stereocenters. The molecular formula is C10H10N4. The van der Waals surface area contributed by atoms with Gasteiger partial charge in [0.15, 0.2) is 0 Å². The van der Waals surface area contributed by atoms with Gasteiger partial charge in [-0.1, -0.05) is 30.8 Å². The molecule has 0 N–H and O–H groups in total. The van der Waals surface area contributed by atoms with Crippen molar-refractivity contribution in [3.8, 4) is 11.4 Å². The molecule has 2 rings (SSSR count). The van der Waals surface area contributed by atoms with Gasteiger partial charge in [0.2, 0.25) is 5.82 Å². The molecule has 14 heavy (non-hydrogen) atoms. The van der Waals surface area contributed by atoms with Gasteiger partial charge in [0, 0.05) is 11.8 Å². The van der Waals surface area contributed by atoms with Crippen molar-refractivity contribution in [3.63, 3.8) is 0 Å². The second-order valence-electron chi connectivity index (χ2n) is 2.93. The number of hydrogen-bond acceptors (Lipinski definition) is 3. The molecule has 0 aliphatic heterocycles. The molecular weight excluding hydrogens is 176 g/mol. The average Bonchev–Trinajstić information content (AvgIpc) is 2.67. The molecule has 1 aromatic carbocycles. The molecule has 0 aliphatic carbocycles. The maximum absolute atomic E-state index is 4.14. The van der Waals surface area contributed by atoms with Crippen molar-refractivity contribution >= 4 is 6.20 Å². The van der Waals surface area contributed by atoms with Gasteiger partial charge in [-0.15, -0.1) is 15.0 Å². The van der Waals surface area contributed by atoms with Gasteiger partial charge >= 0.3 is 0 Å². The SMILES string of the molecule is C=Cn1nnc(-c2ccccc2C)n1. The normalized spacial score (nSPS) is 10.1. The molecule has 70 valence electrons. The van der Waals surface area contributed by atoms with Crippen LogP contribution in [0.3, 0.4) is 0 Å². The van der Waals surface area contributed by atoms with Crippen molar-refractivity contribution in [1.82, 2.24) is 20.2 Å². The van der Waals surface area contributed by atoms with Crippen molar-refractivity contribution in [2.24, 2.45) is 0 Å². The van der Waals surface area contributed by atoms with E-state index in [1.807, 2.05) is 31.2 Å². The predicted octanol–water partition coefficient (Wildman–Crippen LogP) is 1.75. The topological polar surface area (TPSA) is 43.6 Å². The maximum Gasteiger partial charge on any atom is 0.205 e. The lowest BCUT2D eigenvalue weighted by atomic mass is 10.1. The summed E-state index contributed by atoms with van der Waals surface area (Å²) in [6, 6.07) is 7.93. The van der Waals surface area contributed by atoms with E-state index in [2.05, 4.69) is 22.0 Å². The van der Waals surface area contributed by atoms with E-state index in [9.17, 15) is 0 Å². The van der Waals surface area contributed by atoms with Crippen LogP contribution in [0, 0.1) is 6.92 Å². The lowest BCUT2D eigenvalue weighted by molar-refractivity contribution is 0.760. The van der Waals surface area contributed by atoms with E-state index in [1.54, 1.807) is 0 Å². The summed E-state index contributed by atoms with van der Waals surface area (Å²) in [5.41, 5.74) is 2.14. The van der Waals surface area contributed by atoms with Gasteiger partial charge in [-0.2, -0.15) is 0 Å². The van der Waals surface area contributed by atoms with Gasteiger partial charge in [-0.3, -0.25) is 0 Å². The smallest absolute Gasteiger partial charge is 0.139 e. The molecule has 4 heteroatoms. The van der Waals surface area contributed by atoms with Crippen molar-refractivity contribution in [3.05, 3.63) is 36.4 Å². The van der Waals surface area contributed by atoms with Crippen molar-refractivity contribution in [2.75, 3.05) is 0 Å². The number of tetrazole rings is 1. The number of hydrogen-bond donors (Lipinski definition) is 0. The summed E-state index contributed by atoms with van der Waals surface area (Å²) < 4.78 is 0. The number of aromatic nitrogens is 4. The van der Waals surface area contributed by atoms with E-state index in [-0.39, 0.29) is 0 Å². The Hall–Kier alpha value is -1.97. The summed E-state index contributed by atoms with van der Waals surface area (Å²) in [6.07, 6.45) is 1.51. The number of benzene rings is 1. The third-order valence-electron chi connectivity index (χ3n) is 1.98. The minimum absolute atomic E-state index is 0.628. The van der Waals surface area contributed by atoms with Crippen molar-refractivity contribution in [2.45, 2.75) is 6.92 Å². The maximum atomic E-state index is 4.14. The van der Waals surface area contributed by atoms with Crippen LogP contribution in [0.1, 0.15) is 5.56 Å². The Bertz CT molecular complexity index is 459. The van der Waals surface area contributed by atoms with Crippen LogP contribution < -0.4 is 0 Å². The zero-order valence-corrected chi connectivity index (χ0v) is 7.88. The molecule has 0 saturated heterocycles. The average molecular weight is 186 g/mol. The molecule has 0 saturated carbocycles. The van der Waals surface area contributed by atoms with E-state index in [4.69, 9.17) is 0 Å². The molecule has 0 fully saturated rings. The summed E-state index contributed by atoms with van der Waals surface area (Å²) in [5, 5.41) is 11.9. The summed E-state index contributed by atoms with van der Waals surface area (Å²) in [4.78, 5) is 1.35. The van der Waals surface area contributed by atoms with E-state index in [0.717, 1.165) is 11.1 Å². The highest BCUT2D eigenvalue weighted by atomic mass is 15.6. The van der Waals surface area contributed by atoms with Crippen LogP contribution in [0.4, 0.5) is 0 Å². The standard InChI is InChI=1S/C10H10N4/c1-3-14-12-10(11-13-14)9-7-5-4-6-8(9)2/h3-7H,1H2,2H3. The van der Waals surface area contributed by atoms with Gasteiger partial charge in [-0.05, 0) is 17.7 Å². The third-order valence-corrected chi connectivity index (χ3v) is 1.98. The highest BCUT2D eigenvalue weighted by Gasteiger charge is 2.06. The monoisotopic (exact) mass is 186 g/mol. The van der Waals surface area contributed by atoms with E-state index in [0.29, 0.717) is 5.82 Å². The number of aryl methyl sites for hydroxylation is 1. The van der Waals surface area contributed by atoms with Crippen LogP contribution in [0.15, 0.2) is 30.8 Å². The predicted molar refractivity (Wildman–Crippen MR) is 54.4 cm³/mol. The van der Waals surface area contributed by atoms with Crippen LogP contribution in [-0.2, 0) is 0 Å². The van der Waals surface area contributed by atoms with Gasteiger partial charge in [0.1, 0.15) is 0 Å². The van der Waals surface area contributed by atoms with Crippen molar-refractivity contribution in [1.29, 1.82) is 0 Å². The summed E-state index contributed by atoms with van der Waals surface area (Å²) in [7, 11) is 0. The van der Waals surface area contributed by atoms with Gasteiger partial charge in [0.25, 0.3) is 0 Å². The first-order valence-electron chi connectivity index (χ1n) is 4.29. The van der Waals surface area contributed by atoms with E-state index < -0.39 is 0 Å². The Morgan fingerprint density at radius 3 is 2.79 bits per heavy atom. The third kappa shape index (κ3) is 1.42. The van der Waals surface area contributed by atoms with Crippen LogP contribution in [0.25, 0.3) is 17.6 Å². The van der Waals surface area contributed by atoms with Gasteiger partial charge < -0.3 is 0 Å². The summed E-state index contributed by atoms with van der Waals surface area (Å²) >= 11 is 0. The molecule has 0 amide bonds. The lowest BCUT2D eigenvalue weighted by Gasteiger charge is -1.97. The van der Waals surface area contributed by atoms with Gasteiger partial charge in [0.05, 0.1) is 0 Å². The van der Waals surface area contributed by atoms with E-state index >= 15 is 0 Å². The first-order chi connectivity index (χ1) is 6.81. The number of rotatable bonds is 2. The minimum Gasteiger partial charge on any atom is -0.139 e. The fraction of sp³-hybridized carbons (Fsp3) is 0.100. The highest BCUT2D eigenvalue weighted by Crippen LogP contribution is 2.17. The number of nitrogens with zero attached hydrogens (tertiary/aromatic N) is 4. The minimum atomic E-state index is 0.628. The fourth-order valence-electron chi connectivity index (χ4n) is 1.23. The van der Waals surface area contributed by atoms with Crippen LogP contribution in [0.5, 0.6) is 0 Å². The Balaban J connectivity index is 2.49. The molecule has 0 atom stereocenters. The summed E-state index contributed by atoms with van der Waals surface area (Å²) in [6.45, 7) is 5.58. The van der Waals surface area contributed by atoms with Crippen LogP contribution >= 0.6 is 0 Å². The Labute approximate surface area is 81.9 Å². The Kier molecular flexibility index (Phi) is 2.10. The quantitative estimate of drug-likeness (QED) is 0.717. The highest BCUT2D eigenvalue weighted by molar-refractivity contribution is 5.58.